The Hall–Kier alpha value is -2.04. The highest BCUT2D eigenvalue weighted by Crippen LogP contribution is 2.21. The largest absolute Gasteiger partial charge is 0.382 e. The fraction of sp³-hybridized carbons (Fsp3) is 0.619. The molecular weight excluding hydrogens is 326 g/mol. The number of carbonyl (C=O) groups excluding carboxylic acids is 2. The number of hydrogen-bond acceptors (Lipinski definition) is 3. The fourth-order valence-corrected chi connectivity index (χ4v) is 2.72. The van der Waals surface area contributed by atoms with Crippen molar-refractivity contribution >= 4 is 17.5 Å². The highest BCUT2D eigenvalue weighted by atomic mass is 16.2. The molecule has 0 aliphatic heterocycles. The minimum Gasteiger partial charge on any atom is -0.382 e. The van der Waals surface area contributed by atoms with Crippen LogP contribution in [0, 0.1) is 12.8 Å². The Morgan fingerprint density at radius 1 is 1.12 bits per heavy atom. The number of amides is 2. The molecule has 1 aromatic rings. The van der Waals surface area contributed by atoms with Gasteiger partial charge in [0.05, 0.1) is 0 Å². The summed E-state index contributed by atoms with van der Waals surface area (Å²) < 4.78 is 0. The average molecular weight is 362 g/mol. The van der Waals surface area contributed by atoms with E-state index in [0.717, 1.165) is 24.3 Å². The number of nitrogens with one attached hydrogen (secondary N) is 2. The number of nitrogens with zero attached hydrogens (tertiary/aromatic N) is 1. The molecule has 0 fully saturated rings. The van der Waals surface area contributed by atoms with Gasteiger partial charge in [-0.2, -0.15) is 0 Å². The van der Waals surface area contributed by atoms with Gasteiger partial charge >= 0.3 is 0 Å². The van der Waals surface area contributed by atoms with E-state index in [1.807, 2.05) is 43.9 Å². The molecule has 0 saturated heterocycles. The van der Waals surface area contributed by atoms with Crippen molar-refractivity contribution in [1.82, 2.24) is 10.2 Å². The van der Waals surface area contributed by atoms with Gasteiger partial charge in [-0.3, -0.25) is 9.59 Å². The summed E-state index contributed by atoms with van der Waals surface area (Å²) in [4.78, 5) is 26.3. The third kappa shape index (κ3) is 6.36. The highest BCUT2D eigenvalue weighted by Gasteiger charge is 2.14. The van der Waals surface area contributed by atoms with Crippen molar-refractivity contribution in [1.29, 1.82) is 0 Å². The molecule has 0 aliphatic rings. The summed E-state index contributed by atoms with van der Waals surface area (Å²) in [5, 5.41) is 6.42. The van der Waals surface area contributed by atoms with Crippen LogP contribution in [0.4, 0.5) is 5.69 Å². The molecule has 2 N–H and O–H groups in total. The molecule has 0 saturated carbocycles. The first-order valence-electron chi connectivity index (χ1n) is 9.73. The van der Waals surface area contributed by atoms with Crippen LogP contribution < -0.4 is 10.6 Å². The van der Waals surface area contributed by atoms with Crippen LogP contribution in [0.2, 0.25) is 0 Å². The first-order chi connectivity index (χ1) is 12.3. The lowest BCUT2D eigenvalue weighted by molar-refractivity contribution is -0.130. The lowest BCUT2D eigenvalue weighted by Crippen LogP contribution is -2.31. The SMILES string of the molecule is CCN(CC)C(=O)CCCNC(=O)c1cccc(N[C@H](C)C(C)C)c1C. The lowest BCUT2D eigenvalue weighted by Gasteiger charge is -2.21. The maximum atomic E-state index is 12.5. The van der Waals surface area contributed by atoms with Gasteiger partial charge in [-0.25, -0.2) is 0 Å². The van der Waals surface area contributed by atoms with Crippen LogP contribution in [0.1, 0.15) is 63.4 Å². The van der Waals surface area contributed by atoms with E-state index in [4.69, 9.17) is 0 Å². The number of hydrogen-bond donors (Lipinski definition) is 2. The summed E-state index contributed by atoms with van der Waals surface area (Å²) in [5.41, 5.74) is 2.63. The van der Waals surface area contributed by atoms with Crippen LogP contribution in [0.15, 0.2) is 18.2 Å². The lowest BCUT2D eigenvalue weighted by atomic mass is 10.0. The zero-order valence-corrected chi connectivity index (χ0v) is 17.2. The maximum absolute atomic E-state index is 12.5. The van der Waals surface area contributed by atoms with Crippen molar-refractivity contribution in [2.24, 2.45) is 5.92 Å². The molecule has 146 valence electrons. The van der Waals surface area contributed by atoms with E-state index in [2.05, 4.69) is 31.4 Å². The number of rotatable bonds is 10. The zero-order chi connectivity index (χ0) is 19.7. The van der Waals surface area contributed by atoms with Gasteiger partial charge < -0.3 is 15.5 Å². The van der Waals surface area contributed by atoms with Crippen molar-refractivity contribution in [3.8, 4) is 0 Å². The monoisotopic (exact) mass is 361 g/mol. The average Bonchev–Trinajstić information content (AvgIpc) is 2.61. The minimum atomic E-state index is -0.0846. The van der Waals surface area contributed by atoms with E-state index in [9.17, 15) is 9.59 Å². The zero-order valence-electron chi connectivity index (χ0n) is 17.2. The van der Waals surface area contributed by atoms with Crippen molar-refractivity contribution in [3.05, 3.63) is 29.3 Å². The molecule has 0 aliphatic carbocycles. The second kappa shape index (κ2) is 10.8. The molecule has 1 aromatic carbocycles. The second-order valence-corrected chi connectivity index (χ2v) is 7.08. The molecule has 1 rings (SSSR count). The Labute approximate surface area is 158 Å². The second-order valence-electron chi connectivity index (χ2n) is 7.08. The normalized spacial score (nSPS) is 12.0. The van der Waals surface area contributed by atoms with Crippen molar-refractivity contribution in [2.45, 2.75) is 60.4 Å². The van der Waals surface area contributed by atoms with Crippen LogP contribution >= 0.6 is 0 Å². The number of carbonyl (C=O) groups is 2. The molecule has 0 bridgehead atoms. The van der Waals surface area contributed by atoms with E-state index in [-0.39, 0.29) is 11.8 Å². The summed E-state index contributed by atoms with van der Waals surface area (Å²) >= 11 is 0. The molecule has 0 heterocycles. The molecule has 1 atom stereocenters. The van der Waals surface area contributed by atoms with E-state index < -0.39 is 0 Å². The van der Waals surface area contributed by atoms with Crippen molar-refractivity contribution < 1.29 is 9.59 Å². The van der Waals surface area contributed by atoms with Crippen molar-refractivity contribution in [3.63, 3.8) is 0 Å². The van der Waals surface area contributed by atoms with Gasteiger partial charge in [0.25, 0.3) is 5.91 Å². The van der Waals surface area contributed by atoms with Gasteiger partial charge in [-0.15, -0.1) is 0 Å². The van der Waals surface area contributed by atoms with Crippen LogP contribution in [0.5, 0.6) is 0 Å². The maximum Gasteiger partial charge on any atom is 0.251 e. The van der Waals surface area contributed by atoms with Gasteiger partial charge in [0, 0.05) is 43.3 Å². The van der Waals surface area contributed by atoms with E-state index in [1.165, 1.54) is 0 Å². The van der Waals surface area contributed by atoms with E-state index in [0.29, 0.717) is 36.9 Å². The molecule has 0 spiro atoms. The fourth-order valence-electron chi connectivity index (χ4n) is 2.72. The summed E-state index contributed by atoms with van der Waals surface area (Å²) in [7, 11) is 0. The highest BCUT2D eigenvalue weighted by molar-refractivity contribution is 5.97. The van der Waals surface area contributed by atoms with Gasteiger partial charge in [0.1, 0.15) is 0 Å². The standard InChI is InChI=1S/C21H35N3O2/c1-7-24(8-2)20(25)13-10-14-22-21(26)18-11-9-12-19(16(18)5)23-17(6)15(3)4/h9,11-12,15,17,23H,7-8,10,13-14H2,1-6H3,(H,22,26)/t17-/m1/s1. The van der Waals surface area contributed by atoms with Gasteiger partial charge in [0.2, 0.25) is 5.91 Å². The molecule has 2 amide bonds. The number of anilines is 1. The van der Waals surface area contributed by atoms with Crippen LogP contribution in [-0.2, 0) is 4.79 Å². The van der Waals surface area contributed by atoms with E-state index in [1.54, 1.807) is 0 Å². The quantitative estimate of drug-likeness (QED) is 0.623. The topological polar surface area (TPSA) is 61.4 Å². The molecule has 0 radical (unpaired) electrons. The Bertz CT molecular complexity index is 595. The third-order valence-corrected chi connectivity index (χ3v) is 4.93. The Kier molecular flexibility index (Phi) is 9.17. The first kappa shape index (κ1) is 22.0. The summed E-state index contributed by atoms with van der Waals surface area (Å²) in [6.45, 7) is 14.4. The summed E-state index contributed by atoms with van der Waals surface area (Å²) in [6.07, 6.45) is 1.12. The summed E-state index contributed by atoms with van der Waals surface area (Å²) in [5.74, 6) is 0.572. The van der Waals surface area contributed by atoms with Gasteiger partial charge in [-0.05, 0) is 57.7 Å². The minimum absolute atomic E-state index is 0.0846. The van der Waals surface area contributed by atoms with Gasteiger partial charge in [-0.1, -0.05) is 19.9 Å². The first-order valence-corrected chi connectivity index (χ1v) is 9.73. The van der Waals surface area contributed by atoms with Crippen LogP contribution in [-0.4, -0.2) is 42.4 Å². The summed E-state index contributed by atoms with van der Waals surface area (Å²) in [6, 6.07) is 6.09. The molecule has 5 nitrogen and oxygen atoms in total. The molecule has 26 heavy (non-hydrogen) atoms. The smallest absolute Gasteiger partial charge is 0.251 e. The van der Waals surface area contributed by atoms with Crippen molar-refractivity contribution in [2.75, 3.05) is 25.0 Å². The van der Waals surface area contributed by atoms with Crippen LogP contribution in [0.3, 0.4) is 0 Å². The van der Waals surface area contributed by atoms with Gasteiger partial charge in [0.15, 0.2) is 0 Å². The predicted octanol–water partition coefficient (Wildman–Crippen LogP) is 3.83. The Morgan fingerprint density at radius 2 is 1.77 bits per heavy atom. The Morgan fingerprint density at radius 3 is 2.35 bits per heavy atom. The molecule has 0 unspecified atom stereocenters. The Balaban J connectivity index is 2.59. The number of benzene rings is 1. The third-order valence-electron chi connectivity index (χ3n) is 4.93. The van der Waals surface area contributed by atoms with E-state index >= 15 is 0 Å². The predicted molar refractivity (Wildman–Crippen MR) is 109 cm³/mol. The van der Waals surface area contributed by atoms with Crippen LogP contribution in [0.25, 0.3) is 0 Å². The molecular formula is C21H35N3O2. The molecule has 5 heteroatoms. The molecule has 0 aromatic heterocycles.